The Morgan fingerprint density at radius 1 is 0.655 bits per heavy atom. The van der Waals surface area contributed by atoms with Crippen LogP contribution in [-0.2, 0) is 19.5 Å². The maximum atomic E-state index is 6.36. The Hall–Kier alpha value is -2.42. The van der Waals surface area contributed by atoms with E-state index in [9.17, 15) is 0 Å². The predicted molar refractivity (Wildman–Crippen MR) is 123 cm³/mol. The quantitative estimate of drug-likeness (QED) is 0.496. The lowest BCUT2D eigenvalue weighted by Crippen LogP contribution is -2.46. The van der Waals surface area contributed by atoms with Crippen molar-refractivity contribution in [1.82, 2.24) is 4.90 Å². The molecule has 0 bridgehead atoms. The minimum Gasteiger partial charge on any atom is -0.330 e. The fourth-order valence-electron chi connectivity index (χ4n) is 4.43. The first-order valence-electron chi connectivity index (χ1n) is 10.7. The first kappa shape index (κ1) is 21.3. The smallest absolute Gasteiger partial charge is 0.0240 e. The van der Waals surface area contributed by atoms with Crippen LogP contribution in [0.4, 0.5) is 0 Å². The zero-order valence-electron chi connectivity index (χ0n) is 17.7. The predicted octanol–water partition coefficient (Wildman–Crippen LogP) is 5.53. The molecule has 2 heteroatoms. The van der Waals surface area contributed by atoms with Gasteiger partial charge in [0.15, 0.2) is 0 Å². The molecule has 0 heterocycles. The average molecular weight is 387 g/mol. The summed E-state index contributed by atoms with van der Waals surface area (Å²) in [6.07, 6.45) is 1.01. The van der Waals surface area contributed by atoms with Crippen LogP contribution in [0.2, 0.25) is 0 Å². The molecule has 0 aromatic heterocycles. The molecule has 2 atom stereocenters. The SMILES string of the molecule is CC(C)[C@@H]([C@H](CN)Cc1ccccc1)N(Cc1ccccc1)Cc1ccccc1. The van der Waals surface area contributed by atoms with Gasteiger partial charge in [-0.25, -0.2) is 0 Å². The summed E-state index contributed by atoms with van der Waals surface area (Å²) in [5, 5.41) is 0. The van der Waals surface area contributed by atoms with E-state index in [1.807, 2.05) is 0 Å². The highest BCUT2D eigenvalue weighted by atomic mass is 15.2. The molecule has 3 aromatic carbocycles. The van der Waals surface area contributed by atoms with Crippen LogP contribution in [-0.4, -0.2) is 17.5 Å². The fraction of sp³-hybridized carbons (Fsp3) is 0.333. The monoisotopic (exact) mass is 386 g/mol. The summed E-state index contributed by atoms with van der Waals surface area (Å²) in [5.41, 5.74) is 10.4. The lowest BCUT2D eigenvalue weighted by atomic mass is 9.84. The summed E-state index contributed by atoms with van der Waals surface area (Å²) in [4.78, 5) is 2.63. The molecule has 0 aliphatic rings. The molecule has 29 heavy (non-hydrogen) atoms. The lowest BCUT2D eigenvalue weighted by Gasteiger charge is -2.40. The van der Waals surface area contributed by atoms with Gasteiger partial charge >= 0.3 is 0 Å². The number of hydrogen-bond acceptors (Lipinski definition) is 2. The van der Waals surface area contributed by atoms with Crippen LogP contribution in [0, 0.1) is 11.8 Å². The third kappa shape index (κ3) is 6.28. The van der Waals surface area contributed by atoms with E-state index in [0.717, 1.165) is 19.5 Å². The Bertz CT molecular complexity index is 773. The average Bonchev–Trinajstić information content (AvgIpc) is 2.75. The second kappa shape index (κ2) is 10.9. The van der Waals surface area contributed by atoms with Gasteiger partial charge in [-0.2, -0.15) is 0 Å². The Morgan fingerprint density at radius 2 is 1.07 bits per heavy atom. The number of nitrogens with zero attached hydrogens (tertiary/aromatic N) is 1. The van der Waals surface area contributed by atoms with Crippen molar-refractivity contribution in [1.29, 1.82) is 0 Å². The van der Waals surface area contributed by atoms with E-state index in [2.05, 4.69) is 110 Å². The Labute approximate surface area is 176 Å². The Kier molecular flexibility index (Phi) is 8.03. The second-order valence-electron chi connectivity index (χ2n) is 8.30. The first-order valence-corrected chi connectivity index (χ1v) is 10.7. The van der Waals surface area contributed by atoms with E-state index in [1.165, 1.54) is 16.7 Å². The third-order valence-corrected chi connectivity index (χ3v) is 5.69. The molecule has 0 amide bonds. The van der Waals surface area contributed by atoms with Crippen LogP contribution >= 0.6 is 0 Å². The molecule has 3 aromatic rings. The van der Waals surface area contributed by atoms with Crippen molar-refractivity contribution in [2.24, 2.45) is 17.6 Å². The fourth-order valence-corrected chi connectivity index (χ4v) is 4.43. The normalized spacial score (nSPS) is 13.6. The van der Waals surface area contributed by atoms with E-state index in [4.69, 9.17) is 5.73 Å². The van der Waals surface area contributed by atoms with Crippen LogP contribution in [0.5, 0.6) is 0 Å². The molecule has 0 saturated heterocycles. The number of nitrogens with two attached hydrogens (primary N) is 1. The van der Waals surface area contributed by atoms with Crippen LogP contribution < -0.4 is 5.73 Å². The van der Waals surface area contributed by atoms with Crippen LogP contribution in [0.25, 0.3) is 0 Å². The van der Waals surface area contributed by atoms with Crippen molar-refractivity contribution in [2.75, 3.05) is 6.54 Å². The van der Waals surface area contributed by atoms with E-state index in [0.29, 0.717) is 24.4 Å². The van der Waals surface area contributed by atoms with Gasteiger partial charge < -0.3 is 5.73 Å². The van der Waals surface area contributed by atoms with Crippen molar-refractivity contribution in [3.05, 3.63) is 108 Å². The van der Waals surface area contributed by atoms with Crippen molar-refractivity contribution in [3.8, 4) is 0 Å². The van der Waals surface area contributed by atoms with Crippen LogP contribution in [0.3, 0.4) is 0 Å². The summed E-state index contributed by atoms with van der Waals surface area (Å²) < 4.78 is 0. The maximum absolute atomic E-state index is 6.36. The van der Waals surface area contributed by atoms with Crippen molar-refractivity contribution < 1.29 is 0 Å². The standard InChI is InChI=1S/C27H34N2/c1-22(2)27(26(19-28)18-23-12-6-3-7-13-23)29(20-24-14-8-4-9-15-24)21-25-16-10-5-11-17-25/h3-17,22,26-27H,18-21,28H2,1-2H3/t26-,27-/m0/s1. The van der Waals surface area contributed by atoms with Crippen LogP contribution in [0.1, 0.15) is 30.5 Å². The molecule has 0 saturated carbocycles. The van der Waals surface area contributed by atoms with Gasteiger partial charge in [0.25, 0.3) is 0 Å². The lowest BCUT2D eigenvalue weighted by molar-refractivity contribution is 0.0882. The van der Waals surface area contributed by atoms with E-state index >= 15 is 0 Å². The first-order chi connectivity index (χ1) is 14.2. The summed E-state index contributed by atoms with van der Waals surface area (Å²) in [6, 6.07) is 32.8. The minimum absolute atomic E-state index is 0.403. The number of hydrogen-bond donors (Lipinski definition) is 1. The zero-order valence-corrected chi connectivity index (χ0v) is 17.7. The Balaban J connectivity index is 1.89. The van der Waals surface area contributed by atoms with Gasteiger partial charge in [-0.05, 0) is 41.5 Å². The van der Waals surface area contributed by atoms with Gasteiger partial charge in [0.2, 0.25) is 0 Å². The highest BCUT2D eigenvalue weighted by Crippen LogP contribution is 2.26. The molecule has 0 spiro atoms. The van der Waals surface area contributed by atoms with Gasteiger partial charge in [0.05, 0.1) is 0 Å². The van der Waals surface area contributed by atoms with Crippen molar-refractivity contribution >= 4 is 0 Å². The van der Waals surface area contributed by atoms with Gasteiger partial charge in [-0.1, -0.05) is 105 Å². The molecule has 0 radical (unpaired) electrons. The van der Waals surface area contributed by atoms with E-state index < -0.39 is 0 Å². The highest BCUT2D eigenvalue weighted by molar-refractivity contribution is 5.19. The molecule has 0 aliphatic heterocycles. The highest BCUT2D eigenvalue weighted by Gasteiger charge is 2.30. The van der Waals surface area contributed by atoms with E-state index in [1.54, 1.807) is 0 Å². The largest absolute Gasteiger partial charge is 0.330 e. The summed E-state index contributed by atoms with van der Waals surface area (Å²) in [5.74, 6) is 0.921. The molecule has 0 unspecified atom stereocenters. The van der Waals surface area contributed by atoms with Gasteiger partial charge in [0, 0.05) is 19.1 Å². The molecule has 152 valence electrons. The van der Waals surface area contributed by atoms with Gasteiger partial charge in [0.1, 0.15) is 0 Å². The molecular weight excluding hydrogens is 352 g/mol. The topological polar surface area (TPSA) is 29.3 Å². The molecule has 2 nitrogen and oxygen atoms in total. The third-order valence-electron chi connectivity index (χ3n) is 5.69. The number of rotatable bonds is 10. The number of benzene rings is 3. The Morgan fingerprint density at radius 3 is 1.45 bits per heavy atom. The molecule has 0 fully saturated rings. The molecule has 2 N–H and O–H groups in total. The van der Waals surface area contributed by atoms with Crippen molar-refractivity contribution in [2.45, 2.75) is 39.4 Å². The summed E-state index contributed by atoms with van der Waals surface area (Å²) in [6.45, 7) is 7.23. The summed E-state index contributed by atoms with van der Waals surface area (Å²) in [7, 11) is 0. The van der Waals surface area contributed by atoms with E-state index in [-0.39, 0.29) is 0 Å². The molecule has 0 aliphatic carbocycles. The zero-order chi connectivity index (χ0) is 20.5. The maximum Gasteiger partial charge on any atom is 0.0240 e. The molecular formula is C27H34N2. The van der Waals surface area contributed by atoms with Crippen molar-refractivity contribution in [3.63, 3.8) is 0 Å². The van der Waals surface area contributed by atoms with Gasteiger partial charge in [-0.3, -0.25) is 4.90 Å². The summed E-state index contributed by atoms with van der Waals surface area (Å²) >= 11 is 0. The minimum atomic E-state index is 0.403. The second-order valence-corrected chi connectivity index (χ2v) is 8.30. The molecule has 3 rings (SSSR count). The van der Waals surface area contributed by atoms with Gasteiger partial charge in [-0.15, -0.1) is 0 Å². The van der Waals surface area contributed by atoms with Crippen LogP contribution in [0.15, 0.2) is 91.0 Å².